The minimum absolute atomic E-state index is 0.107. The van der Waals surface area contributed by atoms with E-state index in [2.05, 4.69) is 44.6 Å². The van der Waals surface area contributed by atoms with Crippen molar-refractivity contribution in [3.8, 4) is 23.1 Å². The first kappa shape index (κ1) is 37.5. The highest BCUT2D eigenvalue weighted by Crippen LogP contribution is 2.38. The summed E-state index contributed by atoms with van der Waals surface area (Å²) in [5.41, 5.74) is 7.49. The third-order valence-electron chi connectivity index (χ3n) is 11.0. The van der Waals surface area contributed by atoms with Crippen LogP contribution in [0.1, 0.15) is 99.5 Å². The van der Waals surface area contributed by atoms with Crippen molar-refractivity contribution in [1.82, 2.24) is 40.4 Å². The molecule has 4 heterocycles. The standard InChI is InChI=1S/C41H48N8O6/c1-22(2)33(46-40(52)53)38(50)48-18-6-8-31(48)36-42-28-16-13-25(21-30(28)44-36)11-10-24-12-15-27-26(20-24)14-17-29-35(27)45-37(43-29)32-9-7-19-49(32)39(51)34(23(3)4)47-41(54)55-5/h12-13,15-16,20-23,31-34,46H,6-9,14,17-19H2,1-5H3,(H,42,44)(H,43,45)(H,47,54)(H,52,53)/t31-,32?,33-,34-/m0/s1. The fourth-order valence-electron chi connectivity index (χ4n) is 8.10. The van der Waals surface area contributed by atoms with Gasteiger partial charge in [-0.15, -0.1) is 0 Å². The van der Waals surface area contributed by atoms with E-state index in [0.717, 1.165) is 83.5 Å². The van der Waals surface area contributed by atoms with Crippen LogP contribution in [0.15, 0.2) is 36.4 Å². The highest BCUT2D eigenvalue weighted by atomic mass is 16.5. The van der Waals surface area contributed by atoms with E-state index in [1.807, 2.05) is 56.9 Å². The summed E-state index contributed by atoms with van der Waals surface area (Å²) in [7, 11) is 1.29. The summed E-state index contributed by atoms with van der Waals surface area (Å²) in [5, 5.41) is 14.4. The van der Waals surface area contributed by atoms with Crippen molar-refractivity contribution >= 4 is 35.0 Å². The van der Waals surface area contributed by atoms with Crippen LogP contribution in [0.3, 0.4) is 0 Å². The molecular weight excluding hydrogens is 701 g/mol. The van der Waals surface area contributed by atoms with Crippen molar-refractivity contribution in [1.29, 1.82) is 0 Å². The average Bonchev–Trinajstić information content (AvgIpc) is 3.99. The van der Waals surface area contributed by atoms with Gasteiger partial charge in [-0.05, 0) is 86.3 Å². The summed E-state index contributed by atoms with van der Waals surface area (Å²) in [6.45, 7) is 8.61. The van der Waals surface area contributed by atoms with Crippen LogP contribution >= 0.6 is 0 Å². The number of nitrogens with zero attached hydrogens (tertiary/aromatic N) is 4. The number of amides is 4. The Labute approximate surface area is 319 Å². The normalized spacial score (nSPS) is 18.7. The first-order valence-electron chi connectivity index (χ1n) is 19.1. The number of ether oxygens (including phenoxy) is 1. The third-order valence-corrected chi connectivity index (χ3v) is 11.0. The quantitative estimate of drug-likeness (QED) is 0.147. The van der Waals surface area contributed by atoms with Crippen molar-refractivity contribution in [2.75, 3.05) is 20.2 Å². The molecule has 14 nitrogen and oxygen atoms in total. The lowest BCUT2D eigenvalue weighted by Crippen LogP contribution is -2.51. The second-order valence-electron chi connectivity index (χ2n) is 15.3. The highest BCUT2D eigenvalue weighted by Gasteiger charge is 2.39. The number of aryl methyl sites for hydroxylation is 2. The molecule has 55 heavy (non-hydrogen) atoms. The minimum atomic E-state index is -1.22. The van der Waals surface area contributed by atoms with Gasteiger partial charge in [-0.1, -0.05) is 45.6 Å². The Morgan fingerprint density at radius 1 is 0.818 bits per heavy atom. The van der Waals surface area contributed by atoms with E-state index >= 15 is 0 Å². The lowest BCUT2D eigenvalue weighted by atomic mass is 9.91. The van der Waals surface area contributed by atoms with Gasteiger partial charge in [0.25, 0.3) is 0 Å². The zero-order valence-electron chi connectivity index (χ0n) is 31.9. The van der Waals surface area contributed by atoms with Crippen molar-refractivity contribution in [3.05, 3.63) is 70.4 Å². The molecule has 2 aromatic carbocycles. The molecule has 4 aromatic rings. The number of likely N-dealkylation sites (tertiary alicyclic amines) is 2. The van der Waals surface area contributed by atoms with Crippen LogP contribution < -0.4 is 10.6 Å². The molecule has 0 saturated carbocycles. The van der Waals surface area contributed by atoms with E-state index < -0.39 is 24.3 Å². The maximum Gasteiger partial charge on any atom is 0.407 e. The number of aromatic nitrogens is 4. The SMILES string of the molecule is COC(=O)N[C@H](C(=O)N1CCCC1c1nc2c([nH]1)CCc1cc(C#Cc3ccc4nc([C@@H]5CCCN5C(=O)[C@@H](NC(=O)O)C(C)C)[nH]c4c3)ccc1-2)C(C)C. The van der Waals surface area contributed by atoms with Gasteiger partial charge < -0.3 is 40.2 Å². The molecule has 3 aliphatic rings. The molecule has 1 unspecified atom stereocenters. The van der Waals surface area contributed by atoms with E-state index in [4.69, 9.17) is 14.7 Å². The summed E-state index contributed by atoms with van der Waals surface area (Å²) in [6.07, 6.45) is 2.98. The number of imidazole rings is 2. The van der Waals surface area contributed by atoms with Crippen molar-refractivity contribution < 1.29 is 29.0 Å². The zero-order valence-corrected chi connectivity index (χ0v) is 31.9. The molecule has 0 bridgehead atoms. The highest BCUT2D eigenvalue weighted by molar-refractivity contribution is 5.87. The number of hydrogen-bond donors (Lipinski definition) is 5. The van der Waals surface area contributed by atoms with Gasteiger partial charge >= 0.3 is 12.2 Å². The number of hydrogen-bond acceptors (Lipinski definition) is 7. The molecule has 7 rings (SSSR count). The van der Waals surface area contributed by atoms with Crippen LogP contribution in [0.25, 0.3) is 22.3 Å². The summed E-state index contributed by atoms with van der Waals surface area (Å²) in [4.78, 5) is 70.8. The molecule has 2 fully saturated rings. The second kappa shape index (κ2) is 15.5. The minimum Gasteiger partial charge on any atom is -0.465 e. The Morgan fingerprint density at radius 3 is 2.04 bits per heavy atom. The van der Waals surface area contributed by atoms with Crippen LogP contribution in [-0.2, 0) is 27.2 Å². The van der Waals surface area contributed by atoms with Gasteiger partial charge in [-0.2, -0.15) is 0 Å². The largest absolute Gasteiger partial charge is 0.465 e. The fraction of sp³-hybridized carbons (Fsp3) is 0.463. The number of rotatable bonds is 8. The van der Waals surface area contributed by atoms with Crippen molar-refractivity contribution in [2.45, 2.75) is 90.4 Å². The molecule has 2 saturated heterocycles. The number of fused-ring (bicyclic) bond motifs is 4. The number of carbonyl (C=O) groups excluding carboxylic acids is 3. The van der Waals surface area contributed by atoms with Gasteiger partial charge in [0.2, 0.25) is 11.8 Å². The molecule has 4 atom stereocenters. The number of carbonyl (C=O) groups is 4. The molecular formula is C41H48N8O6. The first-order valence-corrected chi connectivity index (χ1v) is 19.1. The van der Waals surface area contributed by atoms with Gasteiger partial charge in [-0.25, -0.2) is 19.6 Å². The maximum atomic E-state index is 13.7. The van der Waals surface area contributed by atoms with Crippen molar-refractivity contribution in [3.63, 3.8) is 0 Å². The molecule has 288 valence electrons. The monoisotopic (exact) mass is 748 g/mol. The van der Waals surface area contributed by atoms with Gasteiger partial charge in [0.1, 0.15) is 23.7 Å². The summed E-state index contributed by atoms with van der Waals surface area (Å²) >= 11 is 0. The van der Waals surface area contributed by atoms with E-state index in [0.29, 0.717) is 18.9 Å². The van der Waals surface area contributed by atoms with Gasteiger partial charge in [-0.3, -0.25) is 9.59 Å². The number of benzene rings is 2. The van der Waals surface area contributed by atoms with Gasteiger partial charge in [0.15, 0.2) is 0 Å². The molecule has 0 radical (unpaired) electrons. The van der Waals surface area contributed by atoms with Gasteiger partial charge in [0, 0.05) is 35.5 Å². The summed E-state index contributed by atoms with van der Waals surface area (Å²) in [6, 6.07) is 10.0. The Balaban J connectivity index is 1.06. The summed E-state index contributed by atoms with van der Waals surface area (Å²) < 4.78 is 4.77. The number of nitrogens with one attached hydrogen (secondary N) is 4. The Morgan fingerprint density at radius 2 is 1.42 bits per heavy atom. The molecule has 14 heteroatoms. The second-order valence-corrected chi connectivity index (χ2v) is 15.3. The number of aromatic amines is 2. The number of methoxy groups -OCH3 is 1. The Hall–Kier alpha value is -5.84. The van der Waals surface area contributed by atoms with E-state index in [-0.39, 0.29) is 35.7 Å². The number of alkyl carbamates (subject to hydrolysis) is 1. The third kappa shape index (κ3) is 7.61. The number of carboxylic acid groups (broad SMARTS) is 1. The van der Waals surface area contributed by atoms with Crippen LogP contribution in [0.4, 0.5) is 9.59 Å². The summed E-state index contributed by atoms with van der Waals surface area (Å²) in [5.74, 6) is 7.41. The fourth-order valence-corrected chi connectivity index (χ4v) is 8.10. The van der Waals surface area contributed by atoms with Crippen LogP contribution in [-0.4, -0.2) is 91.1 Å². The zero-order chi connectivity index (χ0) is 39.0. The lowest BCUT2D eigenvalue weighted by Gasteiger charge is -2.30. The molecule has 2 aliphatic heterocycles. The van der Waals surface area contributed by atoms with E-state index in [1.165, 1.54) is 12.7 Å². The molecule has 1 aliphatic carbocycles. The van der Waals surface area contributed by atoms with E-state index in [1.54, 1.807) is 4.90 Å². The lowest BCUT2D eigenvalue weighted by molar-refractivity contribution is -0.136. The predicted molar refractivity (Wildman–Crippen MR) is 205 cm³/mol. The molecule has 2 aromatic heterocycles. The maximum absolute atomic E-state index is 13.7. The van der Waals surface area contributed by atoms with E-state index in [9.17, 15) is 24.3 Å². The number of H-pyrrole nitrogens is 2. The van der Waals surface area contributed by atoms with Crippen LogP contribution in [0.5, 0.6) is 0 Å². The van der Waals surface area contributed by atoms with Crippen LogP contribution in [0.2, 0.25) is 0 Å². The topological polar surface area (TPSA) is 186 Å². The van der Waals surface area contributed by atoms with Crippen molar-refractivity contribution in [2.24, 2.45) is 11.8 Å². The average molecular weight is 749 g/mol. The molecule has 5 N–H and O–H groups in total. The molecule has 0 spiro atoms. The Bertz CT molecular complexity index is 2190. The first-order chi connectivity index (χ1) is 26.4. The smallest absolute Gasteiger partial charge is 0.407 e. The van der Waals surface area contributed by atoms with Gasteiger partial charge in [0.05, 0.1) is 35.9 Å². The predicted octanol–water partition coefficient (Wildman–Crippen LogP) is 5.45. The van der Waals surface area contributed by atoms with Crippen LogP contribution in [0, 0.1) is 23.7 Å². The Kier molecular flexibility index (Phi) is 10.6. The molecule has 4 amide bonds.